The van der Waals surface area contributed by atoms with Crippen LogP contribution in [0.15, 0.2) is 12.4 Å². The van der Waals surface area contributed by atoms with Crippen molar-refractivity contribution in [2.24, 2.45) is 0 Å². The van der Waals surface area contributed by atoms with Gasteiger partial charge in [0.2, 0.25) is 0 Å². The standard InChI is InChI=1S/C11H14ClN3O3/c1-11(2,4-3-9(16)17)15-10(18)7-5-13-6-8(12)14-7/h5-6H,3-4H2,1-2H3,(H,15,18)(H,16,17). The van der Waals surface area contributed by atoms with Crippen molar-refractivity contribution < 1.29 is 14.7 Å². The smallest absolute Gasteiger partial charge is 0.303 e. The maximum Gasteiger partial charge on any atom is 0.303 e. The number of rotatable bonds is 5. The molecule has 1 amide bonds. The minimum atomic E-state index is -0.903. The number of carboxylic acid groups (broad SMARTS) is 1. The number of carbonyl (C=O) groups excluding carboxylic acids is 1. The van der Waals surface area contributed by atoms with Gasteiger partial charge in [0.1, 0.15) is 10.8 Å². The molecule has 2 N–H and O–H groups in total. The SMILES string of the molecule is CC(C)(CCC(=O)O)NC(=O)c1cncc(Cl)n1. The van der Waals surface area contributed by atoms with E-state index in [2.05, 4.69) is 15.3 Å². The molecule has 0 aliphatic heterocycles. The summed E-state index contributed by atoms with van der Waals surface area (Å²) in [4.78, 5) is 29.9. The van der Waals surface area contributed by atoms with E-state index in [-0.39, 0.29) is 17.3 Å². The molecule has 18 heavy (non-hydrogen) atoms. The Hall–Kier alpha value is -1.69. The number of amides is 1. The Morgan fingerprint density at radius 3 is 2.67 bits per heavy atom. The van der Waals surface area contributed by atoms with Gasteiger partial charge in [0.05, 0.1) is 12.4 Å². The van der Waals surface area contributed by atoms with E-state index in [1.807, 2.05) is 0 Å². The highest BCUT2D eigenvalue weighted by Gasteiger charge is 2.23. The van der Waals surface area contributed by atoms with E-state index < -0.39 is 17.4 Å². The number of aliphatic carboxylic acids is 1. The molecule has 0 spiro atoms. The number of hydrogen-bond acceptors (Lipinski definition) is 4. The Bertz CT molecular complexity index is 463. The monoisotopic (exact) mass is 271 g/mol. The van der Waals surface area contributed by atoms with Gasteiger partial charge in [-0.1, -0.05) is 11.6 Å². The Morgan fingerprint density at radius 2 is 2.11 bits per heavy atom. The maximum absolute atomic E-state index is 11.8. The maximum atomic E-state index is 11.8. The topological polar surface area (TPSA) is 92.2 Å². The van der Waals surface area contributed by atoms with E-state index in [0.717, 1.165) is 0 Å². The molecule has 7 heteroatoms. The zero-order chi connectivity index (χ0) is 13.8. The third-order valence-electron chi connectivity index (χ3n) is 2.25. The fourth-order valence-electron chi connectivity index (χ4n) is 1.30. The van der Waals surface area contributed by atoms with Crippen molar-refractivity contribution >= 4 is 23.5 Å². The molecule has 1 heterocycles. The molecule has 0 aliphatic rings. The lowest BCUT2D eigenvalue weighted by Gasteiger charge is -2.25. The van der Waals surface area contributed by atoms with Crippen molar-refractivity contribution in [2.45, 2.75) is 32.2 Å². The summed E-state index contributed by atoms with van der Waals surface area (Å²) in [5, 5.41) is 11.4. The van der Waals surface area contributed by atoms with E-state index in [4.69, 9.17) is 16.7 Å². The predicted octanol–water partition coefficient (Wildman–Crippen LogP) is 1.50. The molecule has 0 unspecified atom stereocenters. The zero-order valence-electron chi connectivity index (χ0n) is 10.1. The Morgan fingerprint density at radius 1 is 1.44 bits per heavy atom. The first kappa shape index (κ1) is 14.4. The third kappa shape index (κ3) is 4.67. The van der Waals surface area contributed by atoms with Gasteiger partial charge in [-0.2, -0.15) is 0 Å². The van der Waals surface area contributed by atoms with Crippen LogP contribution in [0, 0.1) is 0 Å². The second-order valence-corrected chi connectivity index (χ2v) is 4.85. The van der Waals surface area contributed by atoms with Gasteiger partial charge in [-0.3, -0.25) is 14.6 Å². The predicted molar refractivity (Wildman–Crippen MR) is 65.5 cm³/mol. The molecule has 0 saturated carbocycles. The lowest BCUT2D eigenvalue weighted by Crippen LogP contribution is -2.44. The zero-order valence-corrected chi connectivity index (χ0v) is 10.9. The molecule has 0 saturated heterocycles. The highest BCUT2D eigenvalue weighted by atomic mass is 35.5. The second-order valence-electron chi connectivity index (χ2n) is 4.46. The highest BCUT2D eigenvalue weighted by molar-refractivity contribution is 6.29. The van der Waals surface area contributed by atoms with Crippen LogP contribution in [0.1, 0.15) is 37.2 Å². The van der Waals surface area contributed by atoms with Gasteiger partial charge in [-0.15, -0.1) is 0 Å². The van der Waals surface area contributed by atoms with Gasteiger partial charge < -0.3 is 10.4 Å². The summed E-state index contributed by atoms with van der Waals surface area (Å²) in [6, 6.07) is 0. The van der Waals surface area contributed by atoms with Gasteiger partial charge in [-0.05, 0) is 20.3 Å². The molecule has 1 aromatic rings. The van der Waals surface area contributed by atoms with Crippen LogP contribution < -0.4 is 5.32 Å². The van der Waals surface area contributed by atoms with Crippen molar-refractivity contribution in [1.29, 1.82) is 0 Å². The van der Waals surface area contributed by atoms with Gasteiger partial charge in [-0.25, -0.2) is 4.98 Å². The molecular weight excluding hydrogens is 258 g/mol. The first-order valence-electron chi connectivity index (χ1n) is 5.32. The lowest BCUT2D eigenvalue weighted by molar-refractivity contribution is -0.137. The third-order valence-corrected chi connectivity index (χ3v) is 2.44. The van der Waals surface area contributed by atoms with Crippen LogP contribution in [0.4, 0.5) is 0 Å². The van der Waals surface area contributed by atoms with E-state index in [1.54, 1.807) is 13.8 Å². The molecule has 1 rings (SSSR count). The quantitative estimate of drug-likeness (QED) is 0.847. The number of carboxylic acids is 1. The van der Waals surface area contributed by atoms with Crippen LogP contribution >= 0.6 is 11.6 Å². The number of aromatic nitrogens is 2. The molecule has 0 aromatic carbocycles. The van der Waals surface area contributed by atoms with Crippen molar-refractivity contribution in [3.8, 4) is 0 Å². The Kier molecular flexibility index (Phi) is 4.61. The van der Waals surface area contributed by atoms with Crippen molar-refractivity contribution in [3.05, 3.63) is 23.2 Å². The minimum Gasteiger partial charge on any atom is -0.481 e. The molecule has 98 valence electrons. The van der Waals surface area contributed by atoms with Crippen molar-refractivity contribution in [1.82, 2.24) is 15.3 Å². The summed E-state index contributed by atoms with van der Waals surface area (Å²) >= 11 is 5.63. The summed E-state index contributed by atoms with van der Waals surface area (Å²) in [7, 11) is 0. The van der Waals surface area contributed by atoms with Crippen LogP contribution in [0.2, 0.25) is 5.15 Å². The first-order valence-corrected chi connectivity index (χ1v) is 5.70. The van der Waals surface area contributed by atoms with E-state index in [1.165, 1.54) is 12.4 Å². The number of hydrogen-bond donors (Lipinski definition) is 2. The van der Waals surface area contributed by atoms with Gasteiger partial charge in [0, 0.05) is 12.0 Å². The normalized spacial score (nSPS) is 11.1. The fraction of sp³-hybridized carbons (Fsp3) is 0.455. The van der Waals surface area contributed by atoms with Crippen LogP contribution in [-0.4, -0.2) is 32.5 Å². The van der Waals surface area contributed by atoms with Crippen LogP contribution in [0.3, 0.4) is 0 Å². The van der Waals surface area contributed by atoms with Crippen molar-refractivity contribution in [2.75, 3.05) is 0 Å². The molecule has 0 aliphatic carbocycles. The fourth-order valence-corrected chi connectivity index (χ4v) is 1.45. The summed E-state index contributed by atoms with van der Waals surface area (Å²) in [5.74, 6) is -1.33. The Balaban J connectivity index is 2.66. The largest absolute Gasteiger partial charge is 0.481 e. The first-order chi connectivity index (χ1) is 8.30. The van der Waals surface area contributed by atoms with Gasteiger partial charge in [0.15, 0.2) is 0 Å². The summed E-state index contributed by atoms with van der Waals surface area (Å²) in [6.07, 6.45) is 2.93. The van der Waals surface area contributed by atoms with E-state index in [0.29, 0.717) is 6.42 Å². The van der Waals surface area contributed by atoms with E-state index >= 15 is 0 Å². The molecule has 1 aromatic heterocycles. The molecule has 0 atom stereocenters. The van der Waals surface area contributed by atoms with Crippen LogP contribution in [0.5, 0.6) is 0 Å². The molecule has 0 fully saturated rings. The average molecular weight is 272 g/mol. The summed E-state index contributed by atoms with van der Waals surface area (Å²) in [5.41, 5.74) is -0.537. The van der Waals surface area contributed by atoms with Gasteiger partial charge >= 0.3 is 5.97 Å². The second kappa shape index (κ2) is 5.77. The number of halogens is 1. The Labute approximate surface area is 109 Å². The van der Waals surface area contributed by atoms with Crippen LogP contribution in [0.25, 0.3) is 0 Å². The minimum absolute atomic E-state index is 0.0193. The lowest BCUT2D eigenvalue weighted by atomic mass is 9.98. The molecule has 0 bridgehead atoms. The number of nitrogens with one attached hydrogen (secondary N) is 1. The van der Waals surface area contributed by atoms with Gasteiger partial charge in [0.25, 0.3) is 5.91 Å². The molecule has 0 radical (unpaired) electrons. The average Bonchev–Trinajstić information content (AvgIpc) is 2.26. The number of nitrogens with zero attached hydrogens (tertiary/aromatic N) is 2. The summed E-state index contributed by atoms with van der Waals surface area (Å²) < 4.78 is 0. The number of carbonyl (C=O) groups is 2. The summed E-state index contributed by atoms with van der Waals surface area (Å²) in [6.45, 7) is 3.48. The van der Waals surface area contributed by atoms with Crippen LogP contribution in [-0.2, 0) is 4.79 Å². The van der Waals surface area contributed by atoms with Crippen molar-refractivity contribution in [3.63, 3.8) is 0 Å². The molecular formula is C11H14ClN3O3. The molecule has 6 nitrogen and oxygen atoms in total. The van der Waals surface area contributed by atoms with E-state index in [9.17, 15) is 9.59 Å². The highest BCUT2D eigenvalue weighted by Crippen LogP contribution is 2.12.